The molecule has 1 fully saturated rings. The molecular formula is C16H18N2O5. The number of hydroxylamine groups is 2. The second-order valence-electron chi connectivity index (χ2n) is 5.73. The van der Waals surface area contributed by atoms with Gasteiger partial charge in [-0.25, -0.2) is 4.79 Å². The van der Waals surface area contributed by atoms with E-state index in [0.29, 0.717) is 5.06 Å². The Bertz CT molecular complexity index is 602. The van der Waals surface area contributed by atoms with Crippen LogP contribution in [0.5, 0.6) is 0 Å². The van der Waals surface area contributed by atoms with Gasteiger partial charge in [-0.3, -0.25) is 9.59 Å². The van der Waals surface area contributed by atoms with Crippen LogP contribution >= 0.6 is 0 Å². The normalized spacial score (nSPS) is 19.1. The third-order valence-corrected chi connectivity index (χ3v) is 4.05. The minimum atomic E-state index is -0.751. The summed E-state index contributed by atoms with van der Waals surface area (Å²) < 4.78 is 5.50. The molecule has 2 amide bonds. The van der Waals surface area contributed by atoms with E-state index in [2.05, 4.69) is 4.90 Å². The van der Waals surface area contributed by atoms with Crippen molar-refractivity contribution in [1.82, 2.24) is 9.96 Å². The van der Waals surface area contributed by atoms with Crippen molar-refractivity contribution in [3.8, 4) is 0 Å². The van der Waals surface area contributed by atoms with Crippen LogP contribution in [0, 0.1) is 0 Å². The number of fused-ring (bicyclic) bond motifs is 1. The highest BCUT2D eigenvalue weighted by Crippen LogP contribution is 2.22. The molecule has 2 aliphatic rings. The van der Waals surface area contributed by atoms with Crippen molar-refractivity contribution in [3.05, 3.63) is 35.4 Å². The van der Waals surface area contributed by atoms with Crippen LogP contribution in [0.3, 0.4) is 0 Å². The van der Waals surface area contributed by atoms with E-state index in [4.69, 9.17) is 9.57 Å². The van der Waals surface area contributed by atoms with Gasteiger partial charge in [0.25, 0.3) is 11.8 Å². The zero-order valence-electron chi connectivity index (χ0n) is 12.9. The number of carbonyl (C=O) groups is 3. The van der Waals surface area contributed by atoms with Crippen LogP contribution in [-0.4, -0.2) is 60.6 Å². The number of ether oxygens (including phenoxy) is 1. The number of benzene rings is 1. The van der Waals surface area contributed by atoms with E-state index in [9.17, 15) is 14.4 Å². The molecule has 0 saturated carbocycles. The Morgan fingerprint density at radius 2 is 1.70 bits per heavy atom. The third-order valence-electron chi connectivity index (χ3n) is 4.05. The Morgan fingerprint density at radius 1 is 1.13 bits per heavy atom. The summed E-state index contributed by atoms with van der Waals surface area (Å²) in [6, 6.07) is 6.36. The summed E-state index contributed by atoms with van der Waals surface area (Å²) >= 11 is 0. The topological polar surface area (TPSA) is 76.2 Å². The van der Waals surface area contributed by atoms with Gasteiger partial charge in [0.05, 0.1) is 17.2 Å². The first-order chi connectivity index (χ1) is 11.1. The van der Waals surface area contributed by atoms with Gasteiger partial charge >= 0.3 is 5.97 Å². The maximum absolute atomic E-state index is 12.1. The van der Waals surface area contributed by atoms with Crippen molar-refractivity contribution in [3.63, 3.8) is 0 Å². The first-order valence-corrected chi connectivity index (χ1v) is 7.55. The molecule has 2 heterocycles. The molecule has 0 spiro atoms. The predicted molar refractivity (Wildman–Crippen MR) is 79.5 cm³/mol. The SMILES string of the molecule is CN1CCC(OCC(=O)ON2C(=O)c3ccccc3C2=O)CC1. The Balaban J connectivity index is 1.53. The van der Waals surface area contributed by atoms with Crippen molar-refractivity contribution in [2.75, 3.05) is 26.7 Å². The summed E-state index contributed by atoms with van der Waals surface area (Å²) in [6.45, 7) is 1.55. The molecule has 122 valence electrons. The molecular weight excluding hydrogens is 300 g/mol. The van der Waals surface area contributed by atoms with E-state index in [1.54, 1.807) is 12.1 Å². The highest BCUT2D eigenvalue weighted by molar-refractivity contribution is 6.20. The third kappa shape index (κ3) is 3.25. The average Bonchev–Trinajstić information content (AvgIpc) is 2.80. The van der Waals surface area contributed by atoms with Crippen LogP contribution in [-0.2, 0) is 14.4 Å². The largest absolute Gasteiger partial charge is 0.366 e. The Hall–Kier alpha value is -2.25. The van der Waals surface area contributed by atoms with Gasteiger partial charge in [0.1, 0.15) is 6.61 Å². The van der Waals surface area contributed by atoms with Crippen LogP contribution in [0.15, 0.2) is 24.3 Å². The number of likely N-dealkylation sites (tertiary alicyclic amines) is 1. The van der Waals surface area contributed by atoms with Gasteiger partial charge in [0, 0.05) is 13.1 Å². The molecule has 7 nitrogen and oxygen atoms in total. The van der Waals surface area contributed by atoms with E-state index in [1.807, 2.05) is 7.05 Å². The molecule has 0 radical (unpaired) electrons. The lowest BCUT2D eigenvalue weighted by Crippen LogP contribution is -2.37. The molecule has 23 heavy (non-hydrogen) atoms. The number of nitrogens with zero attached hydrogens (tertiary/aromatic N) is 2. The molecule has 0 atom stereocenters. The number of rotatable bonds is 4. The average molecular weight is 318 g/mol. The van der Waals surface area contributed by atoms with E-state index in [-0.39, 0.29) is 23.8 Å². The van der Waals surface area contributed by atoms with Gasteiger partial charge in [0.15, 0.2) is 0 Å². The molecule has 0 aromatic heterocycles. The monoisotopic (exact) mass is 318 g/mol. The summed E-state index contributed by atoms with van der Waals surface area (Å²) in [6.07, 6.45) is 1.69. The smallest absolute Gasteiger partial charge is 0.358 e. The molecule has 0 N–H and O–H groups in total. The fourth-order valence-corrected chi connectivity index (χ4v) is 2.72. The van der Waals surface area contributed by atoms with Gasteiger partial charge in [-0.2, -0.15) is 0 Å². The molecule has 0 bridgehead atoms. The first kappa shape index (κ1) is 15.6. The van der Waals surface area contributed by atoms with E-state index in [1.165, 1.54) is 12.1 Å². The zero-order chi connectivity index (χ0) is 16.4. The maximum Gasteiger partial charge on any atom is 0.358 e. The van der Waals surface area contributed by atoms with Gasteiger partial charge in [-0.05, 0) is 32.0 Å². The summed E-state index contributed by atoms with van der Waals surface area (Å²) in [5.41, 5.74) is 0.475. The van der Waals surface area contributed by atoms with Crippen molar-refractivity contribution in [2.45, 2.75) is 18.9 Å². The molecule has 0 unspecified atom stereocenters. The maximum atomic E-state index is 12.1. The van der Waals surface area contributed by atoms with Crippen LogP contribution < -0.4 is 0 Å². The quantitative estimate of drug-likeness (QED) is 0.766. The first-order valence-electron chi connectivity index (χ1n) is 7.55. The summed E-state index contributed by atoms with van der Waals surface area (Å²) in [4.78, 5) is 43.1. The van der Waals surface area contributed by atoms with Crippen molar-refractivity contribution >= 4 is 17.8 Å². The molecule has 1 saturated heterocycles. The zero-order valence-corrected chi connectivity index (χ0v) is 12.9. The van der Waals surface area contributed by atoms with E-state index in [0.717, 1.165) is 25.9 Å². The highest BCUT2D eigenvalue weighted by Gasteiger charge is 2.38. The lowest BCUT2D eigenvalue weighted by molar-refractivity contribution is -0.176. The molecule has 1 aromatic rings. The Labute approximate surface area is 133 Å². The summed E-state index contributed by atoms with van der Waals surface area (Å²) in [5.74, 6) is -2.00. The highest BCUT2D eigenvalue weighted by atomic mass is 16.7. The minimum absolute atomic E-state index is 0.000860. The number of carbonyl (C=O) groups excluding carboxylic acids is 3. The standard InChI is InChI=1S/C16H18N2O5/c1-17-8-6-11(7-9-17)22-10-14(19)23-18-15(20)12-4-2-3-5-13(12)16(18)21/h2-5,11H,6-10H2,1H3. The van der Waals surface area contributed by atoms with Crippen LogP contribution in [0.25, 0.3) is 0 Å². The van der Waals surface area contributed by atoms with Gasteiger partial charge in [-0.1, -0.05) is 17.2 Å². The molecule has 0 aliphatic carbocycles. The number of hydrogen-bond acceptors (Lipinski definition) is 6. The lowest BCUT2D eigenvalue weighted by atomic mass is 10.1. The van der Waals surface area contributed by atoms with E-state index < -0.39 is 17.8 Å². The molecule has 1 aromatic carbocycles. The van der Waals surface area contributed by atoms with Crippen molar-refractivity contribution < 1.29 is 24.0 Å². The second kappa shape index (κ2) is 6.47. The predicted octanol–water partition coefficient (Wildman–Crippen LogP) is 0.852. The van der Waals surface area contributed by atoms with E-state index >= 15 is 0 Å². The van der Waals surface area contributed by atoms with Crippen LogP contribution in [0.2, 0.25) is 0 Å². The van der Waals surface area contributed by atoms with Gasteiger partial charge in [0.2, 0.25) is 0 Å². The second-order valence-corrected chi connectivity index (χ2v) is 5.73. The Morgan fingerprint density at radius 3 is 2.26 bits per heavy atom. The molecule has 2 aliphatic heterocycles. The number of piperidine rings is 1. The number of imide groups is 1. The van der Waals surface area contributed by atoms with Crippen LogP contribution in [0.4, 0.5) is 0 Å². The fourth-order valence-electron chi connectivity index (χ4n) is 2.72. The molecule has 3 rings (SSSR count). The van der Waals surface area contributed by atoms with Gasteiger partial charge < -0.3 is 14.5 Å². The summed E-state index contributed by atoms with van der Waals surface area (Å²) in [7, 11) is 2.03. The Kier molecular flexibility index (Phi) is 4.40. The van der Waals surface area contributed by atoms with Crippen LogP contribution in [0.1, 0.15) is 33.6 Å². The fraction of sp³-hybridized carbons (Fsp3) is 0.438. The van der Waals surface area contributed by atoms with Crippen molar-refractivity contribution in [1.29, 1.82) is 0 Å². The molecule has 7 heteroatoms. The lowest BCUT2D eigenvalue weighted by Gasteiger charge is -2.28. The number of hydrogen-bond donors (Lipinski definition) is 0. The van der Waals surface area contributed by atoms with Crippen molar-refractivity contribution in [2.24, 2.45) is 0 Å². The number of amides is 2. The minimum Gasteiger partial charge on any atom is -0.366 e. The van der Waals surface area contributed by atoms with Gasteiger partial charge in [-0.15, -0.1) is 0 Å². The summed E-state index contributed by atoms with van der Waals surface area (Å²) in [5, 5.41) is 0.505.